The van der Waals surface area contributed by atoms with E-state index in [0.717, 1.165) is 12.2 Å². The number of hydrogen-bond acceptors (Lipinski definition) is 1. The first-order chi connectivity index (χ1) is 3.34. The highest BCUT2D eigenvalue weighted by molar-refractivity contribution is 7.87. The monoisotopic (exact) mass is 138 g/mol. The van der Waals surface area contributed by atoms with Crippen molar-refractivity contribution in [3.05, 3.63) is 0 Å². The van der Waals surface area contributed by atoms with Gasteiger partial charge in [0, 0.05) is 27.7 Å². The van der Waals surface area contributed by atoms with E-state index in [4.69, 9.17) is 11.6 Å². The van der Waals surface area contributed by atoms with Crippen LogP contribution in [-0.2, 0) is 10.8 Å². The summed E-state index contributed by atoms with van der Waals surface area (Å²) in [6, 6.07) is 0. The molecule has 1 saturated heterocycles. The van der Waals surface area contributed by atoms with Crippen molar-refractivity contribution < 1.29 is 4.21 Å². The third kappa shape index (κ3) is 0.970. The highest BCUT2D eigenvalue weighted by atomic mass is 35.5. The molecule has 1 fully saturated rings. The van der Waals surface area contributed by atoms with Gasteiger partial charge in [0.25, 0.3) is 0 Å². The van der Waals surface area contributed by atoms with Crippen LogP contribution in [0.4, 0.5) is 0 Å². The molecule has 0 aromatic rings. The number of halogens is 1. The van der Waals surface area contributed by atoms with E-state index in [0.29, 0.717) is 11.1 Å². The Labute approximate surface area is 50.5 Å². The van der Waals surface area contributed by atoms with E-state index >= 15 is 0 Å². The molecule has 0 spiro atoms. The molecule has 0 bridgehead atoms. The summed E-state index contributed by atoms with van der Waals surface area (Å²) in [5.41, 5.74) is 0. The summed E-state index contributed by atoms with van der Waals surface area (Å²) < 4.78 is 10.5. The maximum absolute atomic E-state index is 10.5. The normalized spacial score (nSPS) is 40.1. The molecule has 1 aliphatic rings. The van der Waals surface area contributed by atoms with Gasteiger partial charge in [0.2, 0.25) is 0 Å². The molecule has 3 heteroatoms. The minimum absolute atomic E-state index is 0.321. The van der Waals surface area contributed by atoms with Crippen molar-refractivity contribution in [3.8, 4) is 0 Å². The van der Waals surface area contributed by atoms with Crippen molar-refractivity contribution in [3.63, 3.8) is 0 Å². The molecule has 1 aliphatic heterocycles. The molecule has 0 aromatic heterocycles. The van der Waals surface area contributed by atoms with E-state index in [1.165, 1.54) is 0 Å². The van der Waals surface area contributed by atoms with E-state index in [2.05, 4.69) is 0 Å². The molecule has 1 rings (SSSR count). The van der Waals surface area contributed by atoms with Crippen molar-refractivity contribution in [2.45, 2.75) is 11.7 Å². The summed E-state index contributed by atoms with van der Waals surface area (Å²) in [6.45, 7) is 0. The average molecular weight is 139 g/mol. The van der Waals surface area contributed by atoms with Gasteiger partial charge in [-0.2, -0.15) is 0 Å². The van der Waals surface area contributed by atoms with E-state index in [1.807, 2.05) is 0 Å². The molecule has 1 nitrogen and oxygen atoms in total. The van der Waals surface area contributed by atoms with Crippen LogP contribution < -0.4 is 0 Å². The Morgan fingerprint density at radius 3 is 2.57 bits per heavy atom. The summed E-state index contributed by atoms with van der Waals surface area (Å²) in [4.78, 5) is 0. The lowest BCUT2D eigenvalue weighted by Gasteiger charge is -2.21. The maximum Gasteiger partial charge on any atom is 0.0492 e. The Morgan fingerprint density at radius 2 is 2.57 bits per heavy atom. The van der Waals surface area contributed by atoms with E-state index < -0.39 is 10.8 Å². The molecule has 0 aliphatic carbocycles. The van der Waals surface area contributed by atoms with Gasteiger partial charge in [-0.25, -0.2) is 0 Å². The fourth-order valence-electron chi connectivity index (χ4n) is 0.528. The lowest BCUT2D eigenvalue weighted by atomic mass is 10.3. The first kappa shape index (κ1) is 5.57. The standard InChI is InChI=1S/C4H7ClOS/c5-3-4-1-2-7(4)6/h4H,1-3H2. The average Bonchev–Trinajstić information content (AvgIpc) is 1.65. The van der Waals surface area contributed by atoms with Crippen molar-refractivity contribution in [1.29, 1.82) is 0 Å². The number of rotatable bonds is 1. The lowest BCUT2D eigenvalue weighted by Crippen LogP contribution is -2.31. The Hall–Kier alpha value is 0.440. The van der Waals surface area contributed by atoms with Gasteiger partial charge in [-0.05, 0) is 6.42 Å². The van der Waals surface area contributed by atoms with Crippen molar-refractivity contribution in [1.82, 2.24) is 0 Å². The van der Waals surface area contributed by atoms with Crippen LogP contribution in [0.1, 0.15) is 6.42 Å². The Morgan fingerprint density at radius 1 is 1.86 bits per heavy atom. The zero-order chi connectivity index (χ0) is 5.28. The van der Waals surface area contributed by atoms with Crippen LogP contribution in [0.25, 0.3) is 0 Å². The zero-order valence-corrected chi connectivity index (χ0v) is 5.47. The van der Waals surface area contributed by atoms with Gasteiger partial charge in [0.1, 0.15) is 0 Å². The Bertz CT molecular complexity index is 91.7. The predicted octanol–water partition coefficient (Wildman–Crippen LogP) is 0.746. The van der Waals surface area contributed by atoms with E-state index in [9.17, 15) is 4.21 Å². The Kier molecular flexibility index (Phi) is 1.70. The molecule has 2 unspecified atom stereocenters. The highest BCUT2D eigenvalue weighted by Crippen LogP contribution is 2.16. The van der Waals surface area contributed by atoms with E-state index in [-0.39, 0.29) is 0 Å². The fraction of sp³-hybridized carbons (Fsp3) is 1.00. The molecule has 0 amide bonds. The van der Waals surface area contributed by atoms with Crippen LogP contribution in [0.2, 0.25) is 0 Å². The molecule has 0 aromatic carbocycles. The molecule has 0 N–H and O–H groups in total. The molecular formula is C4H7ClOS. The maximum atomic E-state index is 10.5. The summed E-state index contributed by atoms with van der Waals surface area (Å²) in [5, 5.41) is 0.321. The number of alkyl halides is 1. The fourth-order valence-corrected chi connectivity index (χ4v) is 2.01. The molecule has 42 valence electrons. The smallest absolute Gasteiger partial charge is 0.0492 e. The van der Waals surface area contributed by atoms with Crippen molar-refractivity contribution in [2.24, 2.45) is 0 Å². The van der Waals surface area contributed by atoms with Crippen molar-refractivity contribution >= 4 is 22.4 Å². The summed E-state index contributed by atoms with van der Waals surface area (Å²) in [5.74, 6) is 1.45. The SMILES string of the molecule is O=S1CCC1CCl. The predicted molar refractivity (Wildman–Crippen MR) is 32.1 cm³/mol. The topological polar surface area (TPSA) is 17.1 Å². The lowest BCUT2D eigenvalue weighted by molar-refractivity contribution is 0.650. The quantitative estimate of drug-likeness (QED) is 0.489. The van der Waals surface area contributed by atoms with Gasteiger partial charge < -0.3 is 0 Å². The third-order valence-corrected chi connectivity index (χ3v) is 3.52. The van der Waals surface area contributed by atoms with Crippen LogP contribution in [0, 0.1) is 0 Å². The highest BCUT2D eigenvalue weighted by Gasteiger charge is 2.24. The van der Waals surface area contributed by atoms with E-state index in [1.54, 1.807) is 0 Å². The molecule has 0 saturated carbocycles. The summed E-state index contributed by atoms with van der Waals surface area (Å²) >= 11 is 5.41. The molecule has 2 atom stereocenters. The van der Waals surface area contributed by atoms with Gasteiger partial charge in [0.15, 0.2) is 0 Å². The van der Waals surface area contributed by atoms with Gasteiger partial charge in [-0.3, -0.25) is 4.21 Å². The molecule has 1 heterocycles. The second-order valence-corrected chi connectivity index (χ2v) is 3.79. The largest absolute Gasteiger partial charge is 0.259 e. The minimum atomic E-state index is -0.562. The second kappa shape index (κ2) is 2.14. The van der Waals surface area contributed by atoms with Crippen LogP contribution >= 0.6 is 11.6 Å². The van der Waals surface area contributed by atoms with Crippen LogP contribution in [0.15, 0.2) is 0 Å². The van der Waals surface area contributed by atoms with Crippen molar-refractivity contribution in [2.75, 3.05) is 11.6 Å². The second-order valence-electron chi connectivity index (χ2n) is 1.65. The van der Waals surface area contributed by atoms with Gasteiger partial charge >= 0.3 is 0 Å². The molecular weight excluding hydrogens is 132 g/mol. The first-order valence-corrected chi connectivity index (χ1v) is 4.19. The molecule has 7 heavy (non-hydrogen) atoms. The van der Waals surface area contributed by atoms with Gasteiger partial charge in [0.05, 0.1) is 0 Å². The Balaban J connectivity index is 2.29. The van der Waals surface area contributed by atoms with Gasteiger partial charge in [-0.15, -0.1) is 11.6 Å². The van der Waals surface area contributed by atoms with Gasteiger partial charge in [-0.1, -0.05) is 0 Å². The van der Waals surface area contributed by atoms with Crippen LogP contribution in [-0.4, -0.2) is 21.1 Å². The minimum Gasteiger partial charge on any atom is -0.259 e. The number of hydrogen-bond donors (Lipinski definition) is 0. The van der Waals surface area contributed by atoms with Crippen LogP contribution in [0.5, 0.6) is 0 Å². The summed E-state index contributed by atoms with van der Waals surface area (Å²) in [7, 11) is -0.562. The zero-order valence-electron chi connectivity index (χ0n) is 3.89. The summed E-state index contributed by atoms with van der Waals surface area (Å²) in [6.07, 6.45) is 1.07. The third-order valence-electron chi connectivity index (χ3n) is 1.18. The first-order valence-electron chi connectivity index (χ1n) is 2.27. The molecule has 0 radical (unpaired) electrons. The van der Waals surface area contributed by atoms with Crippen LogP contribution in [0.3, 0.4) is 0 Å².